The first kappa shape index (κ1) is 12.8. The zero-order valence-electron chi connectivity index (χ0n) is 9.58. The van der Waals surface area contributed by atoms with Gasteiger partial charge in [-0.2, -0.15) is 11.8 Å². The first-order valence-corrected chi connectivity index (χ1v) is 6.98. The van der Waals surface area contributed by atoms with Crippen molar-refractivity contribution in [1.29, 1.82) is 0 Å². The number of carboxylic acids is 1. The molecule has 1 fully saturated rings. The first-order chi connectivity index (χ1) is 7.08. The van der Waals surface area contributed by atoms with E-state index < -0.39 is 11.5 Å². The second-order valence-corrected chi connectivity index (χ2v) is 5.49. The predicted molar refractivity (Wildman–Crippen MR) is 64.4 cm³/mol. The number of carbonyl (C=O) groups is 1. The molecule has 88 valence electrons. The lowest BCUT2D eigenvalue weighted by Gasteiger charge is -2.26. The summed E-state index contributed by atoms with van der Waals surface area (Å²) in [5, 5.41) is 12.4. The Morgan fingerprint density at radius 3 is 2.67 bits per heavy atom. The number of hydrogen-bond acceptors (Lipinski definition) is 3. The summed E-state index contributed by atoms with van der Waals surface area (Å²) < 4.78 is 0. The monoisotopic (exact) mass is 231 g/mol. The fourth-order valence-electron chi connectivity index (χ4n) is 1.64. The van der Waals surface area contributed by atoms with Gasteiger partial charge in [-0.1, -0.05) is 6.42 Å². The zero-order chi connectivity index (χ0) is 11.3. The van der Waals surface area contributed by atoms with Crippen LogP contribution in [0.2, 0.25) is 0 Å². The van der Waals surface area contributed by atoms with E-state index in [0.29, 0.717) is 6.04 Å². The fourth-order valence-corrected chi connectivity index (χ4v) is 2.14. The molecule has 0 saturated heterocycles. The summed E-state index contributed by atoms with van der Waals surface area (Å²) in [6, 6.07) is 0.451. The molecule has 0 amide bonds. The number of hydrogen-bond donors (Lipinski definition) is 2. The summed E-state index contributed by atoms with van der Waals surface area (Å²) in [6.45, 7) is 1.81. The molecule has 1 atom stereocenters. The lowest BCUT2D eigenvalue weighted by atomic mass is 9.95. The van der Waals surface area contributed by atoms with Crippen molar-refractivity contribution in [2.75, 3.05) is 12.0 Å². The first-order valence-electron chi connectivity index (χ1n) is 5.58. The summed E-state index contributed by atoms with van der Waals surface area (Å²) in [7, 11) is 0. The molecular formula is C11H21NO2S. The summed E-state index contributed by atoms with van der Waals surface area (Å²) in [4.78, 5) is 11.2. The third-order valence-corrected chi connectivity index (χ3v) is 3.54. The molecule has 0 aromatic heterocycles. The van der Waals surface area contributed by atoms with Crippen molar-refractivity contribution in [1.82, 2.24) is 5.32 Å². The van der Waals surface area contributed by atoms with Crippen molar-refractivity contribution in [3.05, 3.63) is 0 Å². The molecule has 0 aromatic rings. The van der Waals surface area contributed by atoms with Gasteiger partial charge in [0.05, 0.1) is 0 Å². The Balaban J connectivity index is 2.31. The van der Waals surface area contributed by atoms with Gasteiger partial charge in [0.1, 0.15) is 5.54 Å². The summed E-state index contributed by atoms with van der Waals surface area (Å²) in [6.07, 6.45) is 7.18. The smallest absolute Gasteiger partial charge is 0.323 e. The van der Waals surface area contributed by atoms with E-state index >= 15 is 0 Å². The van der Waals surface area contributed by atoms with Crippen LogP contribution in [0.5, 0.6) is 0 Å². The van der Waals surface area contributed by atoms with E-state index in [2.05, 4.69) is 11.6 Å². The number of carboxylic acid groups (broad SMARTS) is 1. The molecule has 0 radical (unpaired) electrons. The standard InChI is InChI=1S/C11H21NO2S/c1-11(10(13)14,12-9-5-6-9)7-3-4-8-15-2/h9,12H,3-8H2,1-2H3,(H,13,14). The maximum atomic E-state index is 11.2. The molecule has 1 unspecified atom stereocenters. The molecule has 3 nitrogen and oxygen atoms in total. The van der Waals surface area contributed by atoms with Crippen LogP contribution in [0.4, 0.5) is 0 Å². The molecule has 0 bridgehead atoms. The van der Waals surface area contributed by atoms with Gasteiger partial charge >= 0.3 is 5.97 Å². The highest BCUT2D eigenvalue weighted by atomic mass is 32.2. The Hall–Kier alpha value is -0.220. The Bertz CT molecular complexity index is 219. The van der Waals surface area contributed by atoms with Gasteiger partial charge in [0, 0.05) is 6.04 Å². The van der Waals surface area contributed by atoms with Crippen LogP contribution in [-0.2, 0) is 4.79 Å². The number of nitrogens with one attached hydrogen (secondary N) is 1. The molecule has 0 heterocycles. The maximum absolute atomic E-state index is 11.2. The van der Waals surface area contributed by atoms with Crippen molar-refractivity contribution >= 4 is 17.7 Å². The van der Waals surface area contributed by atoms with Crippen molar-refractivity contribution in [2.45, 2.75) is 50.6 Å². The SMILES string of the molecule is CSCCCCC(C)(NC1CC1)C(=O)O. The van der Waals surface area contributed by atoms with Gasteiger partial charge in [0.2, 0.25) is 0 Å². The lowest BCUT2D eigenvalue weighted by Crippen LogP contribution is -2.50. The quantitative estimate of drug-likeness (QED) is 0.628. The fraction of sp³-hybridized carbons (Fsp3) is 0.909. The molecular weight excluding hydrogens is 210 g/mol. The molecule has 1 saturated carbocycles. The van der Waals surface area contributed by atoms with Crippen LogP contribution in [0.25, 0.3) is 0 Å². The number of aliphatic carboxylic acids is 1. The van der Waals surface area contributed by atoms with Crippen molar-refractivity contribution < 1.29 is 9.90 Å². The van der Waals surface area contributed by atoms with Crippen LogP contribution in [0.15, 0.2) is 0 Å². The van der Waals surface area contributed by atoms with Gasteiger partial charge in [0.25, 0.3) is 0 Å². The van der Waals surface area contributed by atoms with Crippen LogP contribution >= 0.6 is 11.8 Å². The minimum Gasteiger partial charge on any atom is -0.480 e. The summed E-state index contributed by atoms with van der Waals surface area (Å²) >= 11 is 1.82. The minimum absolute atomic E-state index is 0.451. The molecule has 1 aliphatic rings. The van der Waals surface area contributed by atoms with Gasteiger partial charge in [0.15, 0.2) is 0 Å². The third kappa shape index (κ3) is 4.43. The highest BCUT2D eigenvalue weighted by Gasteiger charge is 2.37. The molecule has 4 heteroatoms. The maximum Gasteiger partial charge on any atom is 0.323 e. The van der Waals surface area contributed by atoms with Gasteiger partial charge < -0.3 is 5.11 Å². The van der Waals surface area contributed by atoms with Crippen molar-refractivity contribution in [3.8, 4) is 0 Å². The van der Waals surface area contributed by atoms with E-state index in [9.17, 15) is 9.90 Å². The molecule has 0 aromatic carbocycles. The van der Waals surface area contributed by atoms with E-state index in [1.807, 2.05) is 18.7 Å². The Morgan fingerprint density at radius 2 is 2.20 bits per heavy atom. The highest BCUT2D eigenvalue weighted by molar-refractivity contribution is 7.98. The highest BCUT2D eigenvalue weighted by Crippen LogP contribution is 2.25. The lowest BCUT2D eigenvalue weighted by molar-refractivity contribution is -0.144. The topological polar surface area (TPSA) is 49.3 Å². The summed E-state index contributed by atoms with van der Waals surface area (Å²) in [5.41, 5.74) is -0.709. The second-order valence-electron chi connectivity index (χ2n) is 4.51. The zero-order valence-corrected chi connectivity index (χ0v) is 10.4. The molecule has 0 spiro atoms. The Kier molecular flexibility index (Phi) is 4.93. The average molecular weight is 231 g/mol. The molecule has 1 aliphatic carbocycles. The molecule has 15 heavy (non-hydrogen) atoms. The van der Waals surface area contributed by atoms with E-state index in [1.54, 1.807) is 0 Å². The largest absolute Gasteiger partial charge is 0.480 e. The van der Waals surface area contributed by atoms with Gasteiger partial charge in [-0.25, -0.2) is 0 Å². The Morgan fingerprint density at radius 1 is 1.53 bits per heavy atom. The number of rotatable bonds is 8. The second kappa shape index (κ2) is 5.75. The molecule has 2 N–H and O–H groups in total. The predicted octanol–water partition coefficient (Wildman–Crippen LogP) is 2.11. The van der Waals surface area contributed by atoms with Crippen LogP contribution in [0, 0.1) is 0 Å². The van der Waals surface area contributed by atoms with Crippen LogP contribution < -0.4 is 5.32 Å². The van der Waals surface area contributed by atoms with E-state index in [1.165, 1.54) is 0 Å². The molecule has 0 aliphatic heterocycles. The normalized spacial score (nSPS) is 19.9. The number of unbranched alkanes of at least 4 members (excludes halogenated alkanes) is 1. The van der Waals surface area contributed by atoms with Crippen molar-refractivity contribution in [3.63, 3.8) is 0 Å². The van der Waals surface area contributed by atoms with Crippen LogP contribution in [-0.4, -0.2) is 34.7 Å². The van der Waals surface area contributed by atoms with Gasteiger partial charge in [-0.05, 0) is 44.6 Å². The van der Waals surface area contributed by atoms with E-state index in [-0.39, 0.29) is 0 Å². The third-order valence-electron chi connectivity index (χ3n) is 2.85. The minimum atomic E-state index is -0.710. The van der Waals surface area contributed by atoms with Gasteiger partial charge in [-0.15, -0.1) is 0 Å². The van der Waals surface area contributed by atoms with Crippen molar-refractivity contribution in [2.24, 2.45) is 0 Å². The van der Waals surface area contributed by atoms with Crippen LogP contribution in [0.3, 0.4) is 0 Å². The Labute approximate surface area is 96.0 Å². The summed E-state index contributed by atoms with van der Waals surface area (Å²) in [5.74, 6) is 0.414. The van der Waals surface area contributed by atoms with E-state index in [4.69, 9.17) is 0 Å². The average Bonchev–Trinajstić information content (AvgIpc) is 2.96. The number of thioether (sulfide) groups is 1. The van der Waals surface area contributed by atoms with Gasteiger partial charge in [-0.3, -0.25) is 10.1 Å². The molecule has 1 rings (SSSR count). The van der Waals surface area contributed by atoms with E-state index in [0.717, 1.165) is 37.9 Å². The van der Waals surface area contributed by atoms with Crippen LogP contribution in [0.1, 0.15) is 39.0 Å².